The highest BCUT2D eigenvalue weighted by molar-refractivity contribution is 7.32. The fourth-order valence-corrected chi connectivity index (χ4v) is 3.08. The molecule has 0 aliphatic carbocycles. The average Bonchev–Trinajstić information content (AvgIpc) is 2.72. The molecule has 1 atom stereocenters. The SMILES string of the molecule is O=[P+](O)OCCn1c2ccc(Cl)cc2c2cc(Cl)ccc21. The summed E-state index contributed by atoms with van der Waals surface area (Å²) in [5.74, 6) is 0. The molecule has 108 valence electrons. The summed E-state index contributed by atoms with van der Waals surface area (Å²) in [4.78, 5) is 8.72. The second kappa shape index (κ2) is 5.91. The lowest BCUT2D eigenvalue weighted by Gasteiger charge is -2.04. The summed E-state index contributed by atoms with van der Waals surface area (Å²) < 4.78 is 17.4. The standard InChI is InChI=1S/C14H10Cl2NO3P/c15-9-1-3-13-11(7-9)12-8-10(16)2-4-14(12)17(13)5-6-20-21(18)19/h1-4,7-8H,5-6H2/p+1. The molecule has 0 amide bonds. The van der Waals surface area contributed by atoms with Gasteiger partial charge in [-0.1, -0.05) is 23.2 Å². The minimum atomic E-state index is -2.58. The Kier molecular flexibility index (Phi) is 4.16. The van der Waals surface area contributed by atoms with Crippen LogP contribution in [0.1, 0.15) is 0 Å². The first-order valence-corrected chi connectivity index (χ1v) is 8.11. The van der Waals surface area contributed by atoms with Gasteiger partial charge in [0.05, 0.1) is 6.54 Å². The Morgan fingerprint density at radius 3 is 2.05 bits per heavy atom. The van der Waals surface area contributed by atoms with E-state index in [1.807, 2.05) is 41.0 Å². The Labute approximate surface area is 131 Å². The molecular formula is C14H11Cl2NO3P+. The van der Waals surface area contributed by atoms with E-state index >= 15 is 0 Å². The third kappa shape index (κ3) is 2.91. The van der Waals surface area contributed by atoms with Crippen molar-refractivity contribution >= 4 is 53.3 Å². The summed E-state index contributed by atoms with van der Waals surface area (Å²) in [5.41, 5.74) is 1.96. The maximum atomic E-state index is 10.6. The summed E-state index contributed by atoms with van der Waals surface area (Å²) in [6.07, 6.45) is 0. The Morgan fingerprint density at radius 1 is 1.05 bits per heavy atom. The molecule has 1 unspecified atom stereocenters. The van der Waals surface area contributed by atoms with Crippen LogP contribution in [0.3, 0.4) is 0 Å². The second-order valence-corrected chi connectivity index (χ2v) is 6.15. The van der Waals surface area contributed by atoms with Crippen LogP contribution < -0.4 is 0 Å². The topological polar surface area (TPSA) is 51.5 Å². The highest BCUT2D eigenvalue weighted by Gasteiger charge is 2.15. The van der Waals surface area contributed by atoms with E-state index in [1.54, 1.807) is 0 Å². The number of benzene rings is 2. The van der Waals surface area contributed by atoms with Gasteiger partial charge in [-0.25, -0.2) is 0 Å². The zero-order valence-corrected chi connectivity index (χ0v) is 13.2. The molecule has 0 radical (unpaired) electrons. The van der Waals surface area contributed by atoms with Crippen molar-refractivity contribution in [1.82, 2.24) is 4.57 Å². The number of fused-ring (bicyclic) bond motifs is 3. The number of halogens is 2. The van der Waals surface area contributed by atoms with Crippen LogP contribution in [0, 0.1) is 0 Å². The first kappa shape index (κ1) is 14.8. The van der Waals surface area contributed by atoms with Gasteiger partial charge in [-0.3, -0.25) is 0 Å². The van der Waals surface area contributed by atoms with Crippen LogP contribution in [0.2, 0.25) is 10.0 Å². The van der Waals surface area contributed by atoms with Gasteiger partial charge in [-0.2, -0.15) is 0 Å². The van der Waals surface area contributed by atoms with E-state index in [9.17, 15) is 4.57 Å². The van der Waals surface area contributed by atoms with Crippen molar-refractivity contribution in [2.24, 2.45) is 0 Å². The molecule has 0 saturated heterocycles. The first-order chi connectivity index (χ1) is 10.1. The predicted molar refractivity (Wildman–Crippen MR) is 85.2 cm³/mol. The van der Waals surface area contributed by atoms with E-state index < -0.39 is 8.25 Å². The lowest BCUT2D eigenvalue weighted by atomic mass is 10.1. The maximum Gasteiger partial charge on any atom is 0.694 e. The number of hydrogen-bond acceptors (Lipinski definition) is 2. The van der Waals surface area contributed by atoms with Crippen LogP contribution in [-0.2, 0) is 15.6 Å². The summed E-state index contributed by atoms with van der Waals surface area (Å²) in [6.45, 7) is 0.612. The summed E-state index contributed by atoms with van der Waals surface area (Å²) in [6, 6.07) is 11.2. The molecule has 3 rings (SSSR count). The highest BCUT2D eigenvalue weighted by atomic mass is 35.5. The smallest absolute Gasteiger partial charge is 0.338 e. The fraction of sp³-hybridized carbons (Fsp3) is 0.143. The van der Waals surface area contributed by atoms with Crippen molar-refractivity contribution in [2.45, 2.75) is 6.54 Å². The Bertz CT molecular complexity index is 788. The third-order valence-electron chi connectivity index (χ3n) is 3.31. The van der Waals surface area contributed by atoms with Crippen molar-refractivity contribution in [3.63, 3.8) is 0 Å². The van der Waals surface area contributed by atoms with E-state index in [1.165, 1.54) is 0 Å². The van der Waals surface area contributed by atoms with Gasteiger partial charge in [0.15, 0.2) is 0 Å². The van der Waals surface area contributed by atoms with Crippen molar-refractivity contribution in [2.75, 3.05) is 6.61 Å². The van der Waals surface area contributed by atoms with Gasteiger partial charge in [0.2, 0.25) is 0 Å². The Balaban J connectivity index is 2.17. The lowest BCUT2D eigenvalue weighted by molar-refractivity contribution is 0.271. The second-order valence-electron chi connectivity index (χ2n) is 4.55. The van der Waals surface area contributed by atoms with Crippen LogP contribution in [0.5, 0.6) is 0 Å². The summed E-state index contributed by atoms with van der Waals surface area (Å²) >= 11 is 12.2. The molecule has 21 heavy (non-hydrogen) atoms. The molecule has 0 bridgehead atoms. The lowest BCUT2D eigenvalue weighted by Crippen LogP contribution is -2.02. The molecule has 4 nitrogen and oxygen atoms in total. The van der Waals surface area contributed by atoms with E-state index in [0.717, 1.165) is 21.8 Å². The number of nitrogens with zero attached hydrogens (tertiary/aromatic N) is 1. The zero-order valence-electron chi connectivity index (χ0n) is 10.8. The van der Waals surface area contributed by atoms with Crippen molar-refractivity contribution < 1.29 is 14.0 Å². The summed E-state index contributed by atoms with van der Waals surface area (Å²) in [7, 11) is -2.58. The van der Waals surface area contributed by atoms with Gasteiger partial charge in [-0.15, -0.1) is 9.42 Å². The van der Waals surface area contributed by atoms with Gasteiger partial charge < -0.3 is 4.57 Å². The van der Waals surface area contributed by atoms with Crippen LogP contribution in [-0.4, -0.2) is 16.1 Å². The minimum absolute atomic E-state index is 0.149. The molecule has 1 aromatic heterocycles. The molecule has 1 N–H and O–H groups in total. The van der Waals surface area contributed by atoms with Gasteiger partial charge in [0, 0.05) is 36.4 Å². The average molecular weight is 343 g/mol. The van der Waals surface area contributed by atoms with Crippen LogP contribution in [0.4, 0.5) is 0 Å². The fourth-order valence-electron chi connectivity index (χ4n) is 2.50. The quantitative estimate of drug-likeness (QED) is 0.695. The van der Waals surface area contributed by atoms with Gasteiger partial charge in [0.1, 0.15) is 6.61 Å². The summed E-state index contributed by atoms with van der Waals surface area (Å²) in [5, 5.41) is 3.29. The van der Waals surface area contributed by atoms with Gasteiger partial charge >= 0.3 is 8.25 Å². The van der Waals surface area contributed by atoms with Crippen molar-refractivity contribution in [3.8, 4) is 0 Å². The predicted octanol–water partition coefficient (Wildman–Crippen LogP) is 4.77. The first-order valence-electron chi connectivity index (χ1n) is 6.22. The van der Waals surface area contributed by atoms with Gasteiger partial charge in [0.25, 0.3) is 0 Å². The third-order valence-corrected chi connectivity index (χ3v) is 4.18. The van der Waals surface area contributed by atoms with Crippen LogP contribution in [0.25, 0.3) is 21.8 Å². The molecule has 0 saturated carbocycles. The molecule has 1 heterocycles. The molecule has 0 fully saturated rings. The minimum Gasteiger partial charge on any atom is -0.338 e. The van der Waals surface area contributed by atoms with E-state index in [0.29, 0.717) is 16.6 Å². The Hall–Kier alpha value is -1.16. The molecule has 7 heteroatoms. The Morgan fingerprint density at radius 2 is 1.57 bits per heavy atom. The van der Waals surface area contributed by atoms with Gasteiger partial charge in [-0.05, 0) is 36.4 Å². The highest BCUT2D eigenvalue weighted by Crippen LogP contribution is 2.32. The van der Waals surface area contributed by atoms with Crippen molar-refractivity contribution in [3.05, 3.63) is 46.4 Å². The van der Waals surface area contributed by atoms with Crippen molar-refractivity contribution in [1.29, 1.82) is 0 Å². The van der Waals surface area contributed by atoms with E-state index in [4.69, 9.17) is 32.6 Å². The monoisotopic (exact) mass is 342 g/mol. The molecule has 3 aromatic rings. The van der Waals surface area contributed by atoms with Crippen LogP contribution >= 0.6 is 31.5 Å². The molecular weight excluding hydrogens is 332 g/mol. The molecule has 2 aromatic carbocycles. The molecule has 0 aliphatic rings. The van der Waals surface area contributed by atoms with E-state index in [2.05, 4.69) is 0 Å². The normalized spacial score (nSPS) is 12.2. The van der Waals surface area contributed by atoms with Crippen LogP contribution in [0.15, 0.2) is 36.4 Å². The number of hydrogen-bond donors (Lipinski definition) is 1. The number of rotatable bonds is 4. The molecule has 0 spiro atoms. The van der Waals surface area contributed by atoms with E-state index in [-0.39, 0.29) is 6.61 Å². The maximum absolute atomic E-state index is 10.6. The zero-order chi connectivity index (χ0) is 15.0. The largest absolute Gasteiger partial charge is 0.694 e. The number of aromatic nitrogens is 1. The molecule has 0 aliphatic heterocycles.